The third kappa shape index (κ3) is 7.42. The van der Waals surface area contributed by atoms with Crippen molar-refractivity contribution in [3.8, 4) is 16.9 Å². The zero-order valence-electron chi connectivity index (χ0n) is 21.0. The number of anilines is 1. The molecule has 0 aromatic heterocycles. The lowest BCUT2D eigenvalue weighted by Gasteiger charge is -2.33. The largest absolute Gasteiger partial charge is 0.491 e. The molecular formula is C30H39NO4. The molecule has 0 atom stereocenters. The van der Waals surface area contributed by atoms with E-state index in [9.17, 15) is 4.79 Å². The molecule has 0 radical (unpaired) electrons. The Kier molecular flexibility index (Phi) is 9.79. The van der Waals surface area contributed by atoms with Gasteiger partial charge in [-0.2, -0.15) is 0 Å². The van der Waals surface area contributed by atoms with Crippen LogP contribution in [0.2, 0.25) is 0 Å². The molecule has 0 unspecified atom stereocenters. The number of fused-ring (bicyclic) bond motifs is 1. The van der Waals surface area contributed by atoms with E-state index in [1.54, 1.807) is 0 Å². The maximum atomic E-state index is 11.7. The number of benzene rings is 2. The summed E-state index contributed by atoms with van der Waals surface area (Å²) < 4.78 is 17.0. The number of carbonyl (C=O) groups excluding carboxylic acids is 1. The number of ether oxygens (including phenoxy) is 3. The molecule has 1 fully saturated rings. The summed E-state index contributed by atoms with van der Waals surface area (Å²) in [4.78, 5) is 14.2. The summed E-state index contributed by atoms with van der Waals surface area (Å²) in [5.41, 5.74) is 5.51. The molecule has 2 aromatic carbocycles. The number of allylic oxidation sites excluding steroid dienone is 1. The number of hydrogen-bond acceptors (Lipinski definition) is 5. The van der Waals surface area contributed by atoms with Gasteiger partial charge in [-0.25, -0.2) is 0 Å². The second-order valence-corrected chi connectivity index (χ2v) is 9.55. The fourth-order valence-electron chi connectivity index (χ4n) is 4.84. The van der Waals surface area contributed by atoms with Gasteiger partial charge in [-0.05, 0) is 90.6 Å². The molecule has 0 spiro atoms. The van der Waals surface area contributed by atoms with E-state index >= 15 is 0 Å². The fourth-order valence-corrected chi connectivity index (χ4v) is 4.84. The second kappa shape index (κ2) is 13.5. The molecule has 1 saturated heterocycles. The molecule has 5 heteroatoms. The summed E-state index contributed by atoms with van der Waals surface area (Å²) in [6.07, 6.45) is 9.40. The molecule has 2 heterocycles. The summed E-state index contributed by atoms with van der Waals surface area (Å²) >= 11 is 0. The van der Waals surface area contributed by atoms with Gasteiger partial charge in [-0.3, -0.25) is 4.79 Å². The lowest BCUT2D eigenvalue weighted by atomic mass is 9.95. The average Bonchev–Trinajstić information content (AvgIpc) is 2.89. The van der Waals surface area contributed by atoms with Gasteiger partial charge in [0.25, 0.3) is 0 Å². The molecule has 0 saturated carbocycles. The van der Waals surface area contributed by atoms with Crippen LogP contribution in [0.15, 0.2) is 48.0 Å². The minimum absolute atomic E-state index is 0.560. The van der Waals surface area contributed by atoms with Crippen LogP contribution < -0.4 is 9.64 Å². The van der Waals surface area contributed by atoms with E-state index in [-0.39, 0.29) is 0 Å². The quantitative estimate of drug-likeness (QED) is 0.287. The number of carbonyl (C=O) groups is 1. The van der Waals surface area contributed by atoms with Gasteiger partial charge in [0.05, 0.1) is 6.61 Å². The number of nitrogens with zero attached hydrogens (tertiary/aromatic N) is 1. The van der Waals surface area contributed by atoms with Gasteiger partial charge >= 0.3 is 0 Å². The Hall–Kier alpha value is -2.63. The molecule has 5 nitrogen and oxygen atoms in total. The van der Waals surface area contributed by atoms with Gasteiger partial charge in [-0.1, -0.05) is 31.5 Å². The van der Waals surface area contributed by atoms with Crippen LogP contribution in [0.3, 0.4) is 0 Å². The minimum atomic E-state index is 0.560. The van der Waals surface area contributed by atoms with Gasteiger partial charge in [0.2, 0.25) is 0 Å². The molecule has 0 N–H and O–H groups in total. The lowest BCUT2D eigenvalue weighted by Crippen LogP contribution is -2.34. The summed E-state index contributed by atoms with van der Waals surface area (Å²) in [5.74, 6) is 1.51. The minimum Gasteiger partial charge on any atom is -0.491 e. The average molecular weight is 478 g/mol. The predicted octanol–water partition coefficient (Wildman–Crippen LogP) is 6.16. The molecule has 35 heavy (non-hydrogen) atoms. The standard InChI is InChI=1S/C30H39NO4/c1-2-3-15-33-18-19-35-29-9-6-26(7-10-29)27-8-11-30-28(21-27)20-25(23-32)5-4-14-31(30)22-24-12-16-34-17-13-24/h6-11,20-21,23-24H,2-5,12-19,22H2,1H3/b25-20+. The fraction of sp³-hybridized carbons (Fsp3) is 0.500. The lowest BCUT2D eigenvalue weighted by molar-refractivity contribution is -0.105. The number of rotatable bonds is 11. The maximum Gasteiger partial charge on any atom is 0.146 e. The molecule has 2 aromatic rings. The highest BCUT2D eigenvalue weighted by molar-refractivity contribution is 5.86. The summed E-state index contributed by atoms with van der Waals surface area (Å²) in [6.45, 7) is 7.89. The van der Waals surface area contributed by atoms with Crippen molar-refractivity contribution in [1.82, 2.24) is 0 Å². The monoisotopic (exact) mass is 477 g/mol. The maximum absolute atomic E-state index is 11.7. The van der Waals surface area contributed by atoms with Gasteiger partial charge in [0, 0.05) is 38.6 Å². The van der Waals surface area contributed by atoms with Crippen LogP contribution in [0.4, 0.5) is 5.69 Å². The SMILES string of the molecule is CCCCOCCOc1ccc(-c2ccc3c(c2)/C=C(/C=O)CCCN3CC2CCOCC2)cc1. The summed E-state index contributed by atoms with van der Waals surface area (Å²) in [7, 11) is 0. The highest BCUT2D eigenvalue weighted by Gasteiger charge is 2.21. The van der Waals surface area contributed by atoms with Crippen molar-refractivity contribution in [3.63, 3.8) is 0 Å². The first-order valence-corrected chi connectivity index (χ1v) is 13.2. The van der Waals surface area contributed by atoms with Crippen LogP contribution in [0, 0.1) is 5.92 Å². The molecule has 2 aliphatic rings. The normalized spacial score (nSPS) is 18.2. The van der Waals surface area contributed by atoms with Crippen molar-refractivity contribution in [1.29, 1.82) is 0 Å². The Bertz CT molecular complexity index is 963. The number of hydrogen-bond donors (Lipinski definition) is 0. The predicted molar refractivity (Wildman–Crippen MR) is 142 cm³/mol. The molecule has 188 valence electrons. The molecule has 0 amide bonds. The first-order chi connectivity index (χ1) is 17.3. The molecule has 4 rings (SSSR count). The van der Waals surface area contributed by atoms with Crippen LogP contribution >= 0.6 is 0 Å². The van der Waals surface area contributed by atoms with Crippen molar-refractivity contribution in [2.75, 3.05) is 51.0 Å². The van der Waals surface area contributed by atoms with Crippen molar-refractivity contribution in [3.05, 3.63) is 53.6 Å². The molecule has 2 aliphatic heterocycles. The second-order valence-electron chi connectivity index (χ2n) is 9.55. The third-order valence-electron chi connectivity index (χ3n) is 6.90. The molecule has 0 aliphatic carbocycles. The Morgan fingerprint density at radius 2 is 1.83 bits per heavy atom. The Morgan fingerprint density at radius 3 is 2.60 bits per heavy atom. The first-order valence-electron chi connectivity index (χ1n) is 13.2. The van der Waals surface area contributed by atoms with E-state index in [0.717, 1.165) is 106 Å². The Labute approximate surface area is 210 Å². The highest BCUT2D eigenvalue weighted by atomic mass is 16.5. The van der Waals surface area contributed by atoms with E-state index in [1.807, 2.05) is 12.1 Å². The molecular weight excluding hydrogens is 438 g/mol. The Balaban J connectivity index is 1.47. The Morgan fingerprint density at radius 1 is 1.03 bits per heavy atom. The van der Waals surface area contributed by atoms with Crippen molar-refractivity contribution < 1.29 is 19.0 Å². The van der Waals surface area contributed by atoms with Crippen LogP contribution in [0.5, 0.6) is 5.75 Å². The van der Waals surface area contributed by atoms with E-state index in [0.29, 0.717) is 19.1 Å². The van der Waals surface area contributed by atoms with E-state index in [2.05, 4.69) is 48.2 Å². The van der Waals surface area contributed by atoms with Crippen LogP contribution in [-0.2, 0) is 14.3 Å². The van der Waals surface area contributed by atoms with Gasteiger partial charge in [0.15, 0.2) is 0 Å². The van der Waals surface area contributed by atoms with Crippen molar-refractivity contribution in [2.45, 2.75) is 45.4 Å². The van der Waals surface area contributed by atoms with Crippen molar-refractivity contribution >= 4 is 18.0 Å². The molecule has 0 bridgehead atoms. The highest BCUT2D eigenvalue weighted by Crippen LogP contribution is 2.33. The number of aldehydes is 1. The topological polar surface area (TPSA) is 48.0 Å². The van der Waals surface area contributed by atoms with E-state index in [1.165, 1.54) is 5.69 Å². The van der Waals surface area contributed by atoms with E-state index < -0.39 is 0 Å². The van der Waals surface area contributed by atoms with Crippen LogP contribution in [0.25, 0.3) is 17.2 Å². The van der Waals surface area contributed by atoms with Gasteiger partial charge in [-0.15, -0.1) is 0 Å². The van der Waals surface area contributed by atoms with Crippen LogP contribution in [-0.4, -0.2) is 52.4 Å². The zero-order chi connectivity index (χ0) is 24.3. The third-order valence-corrected chi connectivity index (χ3v) is 6.90. The smallest absolute Gasteiger partial charge is 0.146 e. The summed E-state index contributed by atoms with van der Waals surface area (Å²) in [6, 6.07) is 14.9. The first kappa shape index (κ1) is 25.5. The van der Waals surface area contributed by atoms with Crippen molar-refractivity contribution in [2.24, 2.45) is 5.92 Å². The van der Waals surface area contributed by atoms with Crippen LogP contribution in [0.1, 0.15) is 51.0 Å². The zero-order valence-corrected chi connectivity index (χ0v) is 21.0. The number of unbranched alkanes of at least 4 members (excludes halogenated alkanes) is 1. The van der Waals surface area contributed by atoms with Gasteiger partial charge in [0.1, 0.15) is 18.6 Å². The summed E-state index contributed by atoms with van der Waals surface area (Å²) in [5, 5.41) is 0. The van der Waals surface area contributed by atoms with Gasteiger partial charge < -0.3 is 19.1 Å². The van der Waals surface area contributed by atoms with E-state index in [4.69, 9.17) is 14.2 Å².